The number of hydrogen-bond acceptors (Lipinski definition) is 5. The number of ether oxygens (including phenoxy) is 1. The first-order valence-electron chi connectivity index (χ1n) is 9.00. The summed E-state index contributed by atoms with van der Waals surface area (Å²) < 4.78 is 17.2. The summed E-state index contributed by atoms with van der Waals surface area (Å²) in [5.74, 6) is 0.205. The van der Waals surface area contributed by atoms with Crippen molar-refractivity contribution in [3.8, 4) is 0 Å². The zero-order valence-electron chi connectivity index (χ0n) is 17.1. The number of amides is 2. The summed E-state index contributed by atoms with van der Waals surface area (Å²) in [6.45, 7) is 15.9. The molecule has 1 aromatic rings. The summed E-state index contributed by atoms with van der Waals surface area (Å²) in [5, 5.41) is -0.0349. The Bertz CT molecular complexity index is 654. The lowest BCUT2D eigenvalue weighted by atomic mass is 10.1. The van der Waals surface area contributed by atoms with Gasteiger partial charge in [0.05, 0.1) is 6.26 Å². The van der Waals surface area contributed by atoms with E-state index in [-0.39, 0.29) is 10.9 Å². The number of nitrogens with zero attached hydrogens (tertiary/aromatic N) is 1. The fraction of sp³-hybridized carbons (Fsp3) is 0.684. The van der Waals surface area contributed by atoms with Gasteiger partial charge >= 0.3 is 6.09 Å². The average molecular weight is 382 g/mol. The first-order valence-corrected chi connectivity index (χ1v) is 11.9. The lowest BCUT2D eigenvalue weighted by Crippen LogP contribution is -2.47. The highest BCUT2D eigenvalue weighted by molar-refractivity contribution is 6.74. The molecule has 0 spiro atoms. The topological polar surface area (TPSA) is 69.0 Å². The van der Waals surface area contributed by atoms with Gasteiger partial charge in [0.15, 0.2) is 8.32 Å². The summed E-state index contributed by atoms with van der Waals surface area (Å²) in [6, 6.07) is 3.00. The lowest BCUT2D eigenvalue weighted by molar-refractivity contribution is -0.134. The van der Waals surface area contributed by atoms with Crippen LogP contribution in [0.2, 0.25) is 18.1 Å². The zero-order valence-corrected chi connectivity index (χ0v) is 18.1. The van der Waals surface area contributed by atoms with E-state index in [9.17, 15) is 9.59 Å². The van der Waals surface area contributed by atoms with Crippen molar-refractivity contribution in [3.05, 3.63) is 24.2 Å². The van der Waals surface area contributed by atoms with Crippen LogP contribution in [0.1, 0.15) is 59.8 Å². The van der Waals surface area contributed by atoms with Gasteiger partial charge in [-0.25, -0.2) is 9.69 Å². The molecular formula is C19H31NO5Si. The first-order chi connectivity index (χ1) is 11.7. The Morgan fingerprint density at radius 2 is 1.85 bits per heavy atom. The van der Waals surface area contributed by atoms with Crippen LogP contribution in [0.5, 0.6) is 0 Å². The third kappa shape index (κ3) is 4.38. The van der Waals surface area contributed by atoms with Crippen LogP contribution in [0.25, 0.3) is 0 Å². The van der Waals surface area contributed by atoms with Gasteiger partial charge in [0.2, 0.25) is 0 Å². The van der Waals surface area contributed by atoms with Gasteiger partial charge in [0.25, 0.3) is 5.91 Å². The van der Waals surface area contributed by atoms with E-state index in [0.717, 1.165) is 4.90 Å². The van der Waals surface area contributed by atoms with Crippen LogP contribution in [0.15, 0.2) is 22.8 Å². The van der Waals surface area contributed by atoms with E-state index in [2.05, 4.69) is 33.9 Å². The molecule has 0 unspecified atom stereocenters. The molecule has 26 heavy (non-hydrogen) atoms. The van der Waals surface area contributed by atoms with Crippen LogP contribution < -0.4 is 0 Å². The van der Waals surface area contributed by atoms with Gasteiger partial charge in [-0.2, -0.15) is 0 Å². The first kappa shape index (κ1) is 20.7. The van der Waals surface area contributed by atoms with Crippen LogP contribution >= 0.6 is 0 Å². The van der Waals surface area contributed by atoms with Crippen LogP contribution in [0.4, 0.5) is 4.79 Å². The van der Waals surface area contributed by atoms with Crippen molar-refractivity contribution < 1.29 is 23.2 Å². The maximum absolute atomic E-state index is 13.0. The van der Waals surface area contributed by atoms with Crippen LogP contribution in [0, 0.1) is 0 Å². The fourth-order valence-corrected chi connectivity index (χ4v) is 3.86. The van der Waals surface area contributed by atoms with Gasteiger partial charge in [0.1, 0.15) is 23.5 Å². The summed E-state index contributed by atoms with van der Waals surface area (Å²) in [7, 11) is -2.17. The quantitative estimate of drug-likeness (QED) is 0.698. The number of furan rings is 1. The lowest BCUT2D eigenvalue weighted by Gasteiger charge is -2.37. The molecule has 2 amide bonds. The Labute approximate surface area is 157 Å². The van der Waals surface area contributed by atoms with Crippen molar-refractivity contribution in [2.75, 3.05) is 0 Å². The van der Waals surface area contributed by atoms with Crippen LogP contribution in [-0.4, -0.2) is 36.9 Å². The SMILES string of the molecule is CC(C)(C)OC(=O)N1C(=O)[C@H](O[Si](C)(C)C(C)(C)C)C[C@@H]1c1ccco1. The van der Waals surface area contributed by atoms with Crippen LogP contribution in [-0.2, 0) is 14.0 Å². The van der Waals surface area contributed by atoms with Gasteiger partial charge in [-0.1, -0.05) is 20.8 Å². The molecule has 0 aliphatic carbocycles. The molecule has 1 aromatic heterocycles. The second-order valence-electron chi connectivity index (χ2n) is 9.32. The molecule has 0 saturated carbocycles. The molecule has 0 radical (unpaired) electrons. The molecule has 0 N–H and O–H groups in total. The van der Waals surface area contributed by atoms with E-state index < -0.39 is 32.2 Å². The molecular weight excluding hydrogens is 350 g/mol. The number of likely N-dealkylation sites (tertiary alicyclic amines) is 1. The molecule has 1 fully saturated rings. The van der Waals surface area contributed by atoms with Crippen molar-refractivity contribution in [1.29, 1.82) is 0 Å². The van der Waals surface area contributed by atoms with Gasteiger partial charge in [-0.15, -0.1) is 0 Å². The predicted molar refractivity (Wildman–Crippen MR) is 101 cm³/mol. The van der Waals surface area contributed by atoms with Crippen molar-refractivity contribution >= 4 is 20.3 Å². The third-order valence-corrected chi connectivity index (χ3v) is 9.45. The van der Waals surface area contributed by atoms with E-state index in [4.69, 9.17) is 13.6 Å². The second-order valence-corrected chi connectivity index (χ2v) is 14.1. The molecule has 0 aromatic carbocycles. The highest BCUT2D eigenvalue weighted by Crippen LogP contribution is 2.42. The monoisotopic (exact) mass is 381 g/mol. The Morgan fingerprint density at radius 3 is 2.31 bits per heavy atom. The molecule has 0 bridgehead atoms. The standard InChI is InChI=1S/C19H31NO5Si/c1-18(2,3)24-17(22)20-13(14-10-9-11-23-14)12-15(16(20)21)25-26(7,8)19(4,5)6/h9-11,13,15H,12H2,1-8H3/t13-,15-/m1/s1. The van der Waals surface area contributed by atoms with Crippen molar-refractivity contribution in [2.45, 2.75) is 83.8 Å². The Kier molecular flexibility index (Phi) is 5.45. The van der Waals surface area contributed by atoms with Crippen LogP contribution in [0.3, 0.4) is 0 Å². The van der Waals surface area contributed by atoms with Gasteiger partial charge in [-0.3, -0.25) is 4.79 Å². The van der Waals surface area contributed by atoms with Crippen molar-refractivity contribution in [2.24, 2.45) is 0 Å². The highest BCUT2D eigenvalue weighted by atomic mass is 28.4. The maximum atomic E-state index is 13.0. The average Bonchev–Trinajstić information content (AvgIpc) is 3.04. The van der Waals surface area contributed by atoms with Gasteiger partial charge < -0.3 is 13.6 Å². The Morgan fingerprint density at radius 1 is 1.23 bits per heavy atom. The zero-order chi connectivity index (χ0) is 19.9. The van der Waals surface area contributed by atoms with Gasteiger partial charge in [-0.05, 0) is 51.0 Å². The largest absolute Gasteiger partial charge is 0.467 e. The number of rotatable bonds is 3. The molecule has 1 aliphatic rings. The van der Waals surface area contributed by atoms with E-state index >= 15 is 0 Å². The van der Waals surface area contributed by atoms with Crippen molar-refractivity contribution in [3.63, 3.8) is 0 Å². The molecule has 2 atom stereocenters. The van der Waals surface area contributed by atoms with E-state index in [1.165, 1.54) is 6.26 Å². The minimum atomic E-state index is -2.17. The maximum Gasteiger partial charge on any atom is 0.417 e. The molecule has 2 heterocycles. The van der Waals surface area contributed by atoms with Gasteiger partial charge in [0, 0.05) is 6.42 Å². The summed E-state index contributed by atoms with van der Waals surface area (Å²) in [4.78, 5) is 26.9. The predicted octanol–water partition coefficient (Wildman–Crippen LogP) is 4.88. The third-order valence-electron chi connectivity index (χ3n) is 4.97. The smallest absolute Gasteiger partial charge is 0.417 e. The fourth-order valence-electron chi connectivity index (χ4n) is 2.60. The second kappa shape index (κ2) is 6.85. The summed E-state index contributed by atoms with van der Waals surface area (Å²) in [6.07, 6.45) is 0.580. The Hall–Kier alpha value is -1.60. The summed E-state index contributed by atoms with van der Waals surface area (Å²) >= 11 is 0. The number of imide groups is 1. The van der Waals surface area contributed by atoms with Crippen molar-refractivity contribution in [1.82, 2.24) is 4.90 Å². The van der Waals surface area contributed by atoms with E-state index in [1.54, 1.807) is 32.9 Å². The Balaban J connectivity index is 2.30. The molecule has 6 nitrogen and oxygen atoms in total. The number of hydrogen-bond donors (Lipinski definition) is 0. The molecule has 7 heteroatoms. The molecule has 1 saturated heterocycles. The number of carbonyl (C=O) groups excluding carboxylic acids is 2. The normalized spacial score (nSPS) is 22.0. The minimum Gasteiger partial charge on any atom is -0.467 e. The molecule has 2 rings (SSSR count). The summed E-state index contributed by atoms with van der Waals surface area (Å²) in [5.41, 5.74) is -0.691. The molecule has 1 aliphatic heterocycles. The molecule has 146 valence electrons. The number of carbonyl (C=O) groups is 2. The van der Waals surface area contributed by atoms with E-state index in [0.29, 0.717) is 12.2 Å². The minimum absolute atomic E-state index is 0.0349. The van der Waals surface area contributed by atoms with E-state index in [1.807, 2.05) is 0 Å². The highest BCUT2D eigenvalue weighted by Gasteiger charge is 2.50.